The van der Waals surface area contributed by atoms with E-state index < -0.39 is 10.8 Å². The third-order valence-electron chi connectivity index (χ3n) is 17.7. The van der Waals surface area contributed by atoms with Crippen molar-refractivity contribution in [3.63, 3.8) is 0 Å². The average Bonchev–Trinajstić information content (AvgIpc) is 1.82. The normalized spacial score (nSPS) is 24.5. The molecule has 0 aliphatic carbocycles. The van der Waals surface area contributed by atoms with Crippen LogP contribution in [0.25, 0.3) is 0 Å². The second kappa shape index (κ2) is 25.7. The number of ether oxygens (including phenoxy) is 4. The lowest BCUT2D eigenvalue weighted by atomic mass is 9.91. The molecule has 6 aliphatic rings. The molecule has 5 aromatic rings. The van der Waals surface area contributed by atoms with Gasteiger partial charge in [0, 0.05) is 149 Å². The zero-order valence-corrected chi connectivity index (χ0v) is 50.5. The van der Waals surface area contributed by atoms with Crippen LogP contribution in [0.3, 0.4) is 0 Å². The molecule has 4 N–H and O–H groups in total. The number of hydrogen-bond acceptors (Lipinski definition) is 14. The zero-order valence-electron chi connectivity index (χ0n) is 49.7. The average molecular weight is 1190 g/mol. The predicted molar refractivity (Wildman–Crippen MR) is 324 cm³/mol. The number of pyridine rings is 2. The van der Waals surface area contributed by atoms with Crippen LogP contribution in [0.15, 0.2) is 88.5 Å². The van der Waals surface area contributed by atoms with Crippen molar-refractivity contribution in [3.8, 4) is 11.5 Å². The highest BCUT2D eigenvalue weighted by atomic mass is 35.5. The SMILES string of the molecule is C[C@@H]1CN(CC(=O)N2CC(C)(C)c3[nH]c(=O)c(Cc4ccc(F)cc4)cc32)[C@@H](CN2CCO[C@H](COc3cccc(OC[C@@H]4CN(C[C@H]5CN[C@H](C)CN5CC(=O)N5CC(C)(C)c6[nH]c(=O)c(Cc7ccc(F)cc7)cc65)CCO4)c3Cl)C2)CN1. The summed E-state index contributed by atoms with van der Waals surface area (Å²) in [6.45, 7) is 22.4. The van der Waals surface area contributed by atoms with Crippen molar-refractivity contribution < 1.29 is 37.3 Å². The number of H-pyrrole nitrogens is 2. The molecule has 8 heterocycles. The fourth-order valence-electron chi connectivity index (χ4n) is 13.1. The highest BCUT2D eigenvalue weighted by molar-refractivity contribution is 6.33. The molecule has 18 nitrogen and oxygen atoms in total. The number of morpholine rings is 2. The first kappa shape index (κ1) is 60.6. The van der Waals surface area contributed by atoms with Crippen LogP contribution in [0.1, 0.15) is 75.2 Å². The van der Waals surface area contributed by atoms with Crippen molar-refractivity contribution >= 4 is 34.8 Å². The van der Waals surface area contributed by atoms with Gasteiger partial charge in [0.1, 0.15) is 53.6 Å². The van der Waals surface area contributed by atoms with Gasteiger partial charge in [-0.05, 0) is 73.5 Å². The largest absolute Gasteiger partial charge is 0.489 e. The van der Waals surface area contributed by atoms with Crippen LogP contribution < -0.4 is 41.0 Å². The van der Waals surface area contributed by atoms with E-state index in [1.807, 2.05) is 67.8 Å². The van der Waals surface area contributed by atoms with E-state index >= 15 is 0 Å². The number of amides is 2. The van der Waals surface area contributed by atoms with Crippen LogP contribution in [-0.2, 0) is 42.7 Å². The van der Waals surface area contributed by atoms with Crippen LogP contribution in [0.4, 0.5) is 20.2 Å². The van der Waals surface area contributed by atoms with E-state index in [1.165, 1.54) is 24.3 Å². The first-order chi connectivity index (χ1) is 40.7. The summed E-state index contributed by atoms with van der Waals surface area (Å²) in [7, 11) is 0. The Hall–Kier alpha value is -6.07. The Balaban J connectivity index is 0.660. The Morgan fingerprint density at radius 1 is 0.624 bits per heavy atom. The van der Waals surface area contributed by atoms with Crippen molar-refractivity contribution in [2.24, 2.45) is 0 Å². The van der Waals surface area contributed by atoms with E-state index in [2.05, 4.69) is 54.0 Å². The number of halogens is 3. The highest BCUT2D eigenvalue weighted by Crippen LogP contribution is 2.41. The molecule has 0 spiro atoms. The molecule has 2 amide bonds. The molecular formula is C64H81ClF2N10O8. The van der Waals surface area contributed by atoms with E-state index in [-0.39, 0.29) is 97.2 Å². The van der Waals surface area contributed by atoms with Gasteiger partial charge in [0.2, 0.25) is 11.8 Å². The molecule has 3 aromatic carbocycles. The van der Waals surface area contributed by atoms with Crippen LogP contribution in [0.5, 0.6) is 11.5 Å². The third kappa shape index (κ3) is 14.2. The number of nitrogens with zero attached hydrogens (tertiary/aromatic N) is 6. The number of nitrogens with one attached hydrogen (secondary N) is 4. The number of piperazine rings is 2. The molecule has 11 rings (SSSR count). The molecule has 21 heteroatoms. The minimum atomic E-state index is -0.452. The number of fused-ring (bicyclic) bond motifs is 2. The quantitative estimate of drug-likeness (QED) is 0.0887. The maximum Gasteiger partial charge on any atom is 0.251 e. The van der Waals surface area contributed by atoms with Crippen LogP contribution in [0, 0.1) is 11.6 Å². The highest BCUT2D eigenvalue weighted by Gasteiger charge is 2.43. The second-order valence-corrected chi connectivity index (χ2v) is 26.0. The van der Waals surface area contributed by atoms with Crippen LogP contribution >= 0.6 is 11.6 Å². The van der Waals surface area contributed by atoms with E-state index in [9.17, 15) is 28.0 Å². The minimum Gasteiger partial charge on any atom is -0.489 e. The zero-order chi connectivity index (χ0) is 59.7. The van der Waals surface area contributed by atoms with Gasteiger partial charge in [-0.1, -0.05) is 69.6 Å². The molecule has 6 atom stereocenters. The number of aromatic nitrogens is 2. The Morgan fingerprint density at radius 3 is 1.45 bits per heavy atom. The molecule has 6 aliphatic heterocycles. The van der Waals surface area contributed by atoms with Crippen LogP contribution in [-0.4, -0.2) is 196 Å². The summed E-state index contributed by atoms with van der Waals surface area (Å²) in [5.74, 6) is 0.267. The number of aromatic amines is 2. The molecule has 4 saturated heterocycles. The lowest BCUT2D eigenvalue weighted by molar-refractivity contribution is -0.121. The Kier molecular flexibility index (Phi) is 18.3. The Labute approximate surface area is 501 Å². The number of hydrogen-bond donors (Lipinski definition) is 4. The molecule has 85 heavy (non-hydrogen) atoms. The fraction of sp³-hybridized carbons (Fsp3) is 0.531. The summed E-state index contributed by atoms with van der Waals surface area (Å²) >= 11 is 6.99. The van der Waals surface area contributed by atoms with Crippen molar-refractivity contribution in [2.45, 2.75) is 102 Å². The summed E-state index contributed by atoms with van der Waals surface area (Å²) in [4.78, 5) is 74.6. The molecule has 0 unspecified atom stereocenters. The van der Waals surface area contributed by atoms with Gasteiger partial charge in [-0.15, -0.1) is 0 Å². The number of anilines is 2. The van der Waals surface area contributed by atoms with Crippen molar-refractivity contribution in [1.82, 2.24) is 40.2 Å². The third-order valence-corrected chi connectivity index (χ3v) is 18.1. The molecule has 0 radical (unpaired) electrons. The molecule has 4 fully saturated rings. The topological polar surface area (TPSA) is 180 Å². The smallest absolute Gasteiger partial charge is 0.251 e. The number of carbonyl (C=O) groups is 2. The monoisotopic (exact) mass is 1190 g/mol. The number of rotatable bonds is 18. The number of carbonyl (C=O) groups excluding carboxylic acids is 2. The molecular weight excluding hydrogens is 1110 g/mol. The molecule has 456 valence electrons. The lowest BCUT2D eigenvalue weighted by Gasteiger charge is -2.43. The first-order valence-electron chi connectivity index (χ1n) is 30.0. The summed E-state index contributed by atoms with van der Waals surface area (Å²) < 4.78 is 52.5. The second-order valence-electron chi connectivity index (χ2n) is 25.6. The van der Waals surface area contributed by atoms with Crippen molar-refractivity contribution in [3.05, 3.63) is 150 Å². The van der Waals surface area contributed by atoms with Gasteiger partial charge in [0.25, 0.3) is 11.1 Å². The summed E-state index contributed by atoms with van der Waals surface area (Å²) in [6.07, 6.45) is 0.192. The van der Waals surface area contributed by atoms with Gasteiger partial charge in [-0.25, -0.2) is 8.78 Å². The standard InChI is InChI=1S/C64H81ClF2N10O8/c1-40-28-74(34-56(78)76-38-63(3,4)59-52(76)24-44(61(80)70-59)22-42-10-14-46(66)15-11-42)48(26-68-40)30-72-18-20-82-50(32-72)36-84-54-8-7-9-55(58(54)65)85-37-51-33-73(19-21-83-51)31-49-27-69-41(2)29-75(49)35-57(79)77-39-64(5,6)60-53(77)25-45(62(81)71-60)23-43-12-16-47(67)17-13-43/h7-17,24-25,40-41,48-51,68-69H,18-23,26-39H2,1-6H3,(H,70,80)(H,71,81)/t40-,41-,48-,49-,50+,51+/m1/s1. The van der Waals surface area contributed by atoms with Gasteiger partial charge in [-0.2, -0.15) is 0 Å². The van der Waals surface area contributed by atoms with Gasteiger partial charge < -0.3 is 49.3 Å². The van der Waals surface area contributed by atoms with Crippen molar-refractivity contribution in [2.75, 3.05) is 128 Å². The van der Waals surface area contributed by atoms with E-state index in [1.54, 1.807) is 24.3 Å². The summed E-state index contributed by atoms with van der Waals surface area (Å²) in [6, 6.07) is 22.0. The molecule has 0 bridgehead atoms. The lowest BCUT2D eigenvalue weighted by Crippen LogP contribution is -2.61. The van der Waals surface area contributed by atoms with Gasteiger partial charge in [-0.3, -0.25) is 38.8 Å². The van der Waals surface area contributed by atoms with E-state index in [0.29, 0.717) is 93.0 Å². The van der Waals surface area contributed by atoms with Crippen LogP contribution in [0.2, 0.25) is 5.02 Å². The Bertz CT molecular complexity index is 3120. The maximum atomic E-state index is 14.4. The minimum absolute atomic E-state index is 0.0234. The van der Waals surface area contributed by atoms with E-state index in [0.717, 1.165) is 73.2 Å². The van der Waals surface area contributed by atoms with E-state index in [4.69, 9.17) is 30.5 Å². The van der Waals surface area contributed by atoms with Gasteiger partial charge >= 0.3 is 0 Å². The fourth-order valence-corrected chi connectivity index (χ4v) is 13.4. The van der Waals surface area contributed by atoms with Gasteiger partial charge in [0.05, 0.1) is 37.7 Å². The molecule has 2 aromatic heterocycles. The molecule has 0 saturated carbocycles. The summed E-state index contributed by atoms with van der Waals surface area (Å²) in [5.41, 5.74) is 4.30. The predicted octanol–water partition coefficient (Wildman–Crippen LogP) is 5.31. The van der Waals surface area contributed by atoms with Gasteiger partial charge in [0.15, 0.2) is 0 Å². The first-order valence-corrected chi connectivity index (χ1v) is 30.4. The maximum absolute atomic E-state index is 14.4. The summed E-state index contributed by atoms with van der Waals surface area (Å²) in [5, 5.41) is 7.63. The van der Waals surface area contributed by atoms with Crippen molar-refractivity contribution in [1.29, 1.82) is 0 Å². The number of benzene rings is 3. The Morgan fingerprint density at radius 2 is 1.04 bits per heavy atom.